The van der Waals surface area contributed by atoms with Crippen LogP contribution in [-0.4, -0.2) is 40.6 Å². The van der Waals surface area contributed by atoms with Gasteiger partial charge < -0.3 is 10.1 Å². The number of aromatic amines is 1. The van der Waals surface area contributed by atoms with Crippen molar-refractivity contribution in [1.82, 2.24) is 19.7 Å². The van der Waals surface area contributed by atoms with Crippen molar-refractivity contribution >= 4 is 21.1 Å². The van der Waals surface area contributed by atoms with Gasteiger partial charge in [-0.25, -0.2) is 18.1 Å². The van der Waals surface area contributed by atoms with E-state index in [0.29, 0.717) is 11.6 Å². The Morgan fingerprint density at radius 2 is 2.04 bits per heavy atom. The van der Waals surface area contributed by atoms with Gasteiger partial charge in [0, 0.05) is 35.6 Å². The van der Waals surface area contributed by atoms with Crippen molar-refractivity contribution < 1.29 is 13.5 Å². The number of aromatic nitrogens is 3. The molecule has 0 bridgehead atoms. The van der Waals surface area contributed by atoms with Crippen LogP contribution in [-0.2, 0) is 10.0 Å². The average molecular weight is 386 g/mol. The van der Waals surface area contributed by atoms with E-state index in [0.717, 1.165) is 16.6 Å². The fourth-order valence-corrected chi connectivity index (χ4v) is 4.09. The number of nitrogens with one attached hydrogen (secondary N) is 2. The maximum absolute atomic E-state index is 12.3. The Labute approximate surface area is 157 Å². The van der Waals surface area contributed by atoms with E-state index in [-0.39, 0.29) is 11.4 Å². The van der Waals surface area contributed by atoms with E-state index in [1.807, 2.05) is 6.07 Å². The van der Waals surface area contributed by atoms with Crippen molar-refractivity contribution in [2.45, 2.75) is 43.1 Å². The van der Waals surface area contributed by atoms with E-state index in [4.69, 9.17) is 0 Å². The fourth-order valence-electron chi connectivity index (χ4n) is 2.94. The SMILES string of the molecule is CC(C)(O)CNS(=O)(=O)c1ccc(-c2ccnc3[nH]c(C4CC4)cc23)nc1. The monoisotopic (exact) mass is 386 g/mol. The highest BCUT2D eigenvalue weighted by Gasteiger charge is 2.26. The summed E-state index contributed by atoms with van der Waals surface area (Å²) in [4.78, 5) is 12.2. The van der Waals surface area contributed by atoms with Crippen LogP contribution in [0.1, 0.15) is 38.3 Å². The maximum Gasteiger partial charge on any atom is 0.242 e. The molecule has 1 saturated carbocycles. The van der Waals surface area contributed by atoms with Crippen LogP contribution in [0.2, 0.25) is 0 Å². The summed E-state index contributed by atoms with van der Waals surface area (Å²) in [7, 11) is -3.72. The number of sulfonamides is 1. The zero-order valence-electron chi connectivity index (χ0n) is 15.2. The normalized spacial score (nSPS) is 15.4. The van der Waals surface area contributed by atoms with Crippen LogP contribution in [0.4, 0.5) is 0 Å². The largest absolute Gasteiger partial charge is 0.389 e. The first kappa shape index (κ1) is 18.1. The predicted molar refractivity (Wildman–Crippen MR) is 103 cm³/mol. The summed E-state index contributed by atoms with van der Waals surface area (Å²) in [6.45, 7) is 3.01. The quantitative estimate of drug-likeness (QED) is 0.603. The van der Waals surface area contributed by atoms with Crippen LogP contribution >= 0.6 is 0 Å². The van der Waals surface area contributed by atoms with Crippen molar-refractivity contribution in [2.24, 2.45) is 0 Å². The number of fused-ring (bicyclic) bond motifs is 1. The molecule has 1 aliphatic carbocycles. The molecular weight excluding hydrogens is 364 g/mol. The molecule has 4 rings (SSSR count). The highest BCUT2D eigenvalue weighted by molar-refractivity contribution is 7.89. The first-order valence-corrected chi connectivity index (χ1v) is 10.4. The number of aliphatic hydroxyl groups is 1. The lowest BCUT2D eigenvalue weighted by molar-refractivity contribution is 0.0857. The summed E-state index contributed by atoms with van der Waals surface area (Å²) < 4.78 is 27.1. The van der Waals surface area contributed by atoms with Gasteiger partial charge in [0.15, 0.2) is 0 Å². The molecule has 0 radical (unpaired) electrons. The van der Waals surface area contributed by atoms with E-state index < -0.39 is 15.6 Å². The summed E-state index contributed by atoms with van der Waals surface area (Å²) in [6, 6.07) is 7.22. The first-order chi connectivity index (χ1) is 12.7. The van der Waals surface area contributed by atoms with Crippen LogP contribution in [0.3, 0.4) is 0 Å². The van der Waals surface area contributed by atoms with Gasteiger partial charge in [0.05, 0.1) is 11.3 Å². The Bertz CT molecular complexity index is 1080. The molecule has 1 fully saturated rings. The molecule has 3 aromatic heterocycles. The van der Waals surface area contributed by atoms with Crippen molar-refractivity contribution in [1.29, 1.82) is 0 Å². The molecule has 3 N–H and O–H groups in total. The van der Waals surface area contributed by atoms with Gasteiger partial charge >= 0.3 is 0 Å². The van der Waals surface area contributed by atoms with Crippen LogP contribution < -0.4 is 4.72 Å². The second-order valence-corrected chi connectivity index (χ2v) is 9.40. The van der Waals surface area contributed by atoms with Gasteiger partial charge in [0.2, 0.25) is 10.0 Å². The van der Waals surface area contributed by atoms with Crippen molar-refractivity contribution in [3.63, 3.8) is 0 Å². The van der Waals surface area contributed by atoms with E-state index in [1.165, 1.54) is 30.8 Å². The van der Waals surface area contributed by atoms with Crippen LogP contribution in [0, 0.1) is 0 Å². The third-order valence-electron chi connectivity index (χ3n) is 4.59. The summed E-state index contributed by atoms with van der Waals surface area (Å²) in [5.74, 6) is 0.592. The standard InChI is InChI=1S/C19H22N4O3S/c1-19(2,24)11-22-27(25,26)13-5-6-16(21-10-13)14-7-8-20-18-15(14)9-17(23-18)12-3-4-12/h5-10,12,22,24H,3-4,11H2,1-2H3,(H,20,23). The van der Waals surface area contributed by atoms with Crippen molar-refractivity contribution in [2.75, 3.05) is 6.54 Å². The molecule has 0 amide bonds. The zero-order chi connectivity index (χ0) is 19.2. The molecule has 3 heterocycles. The lowest BCUT2D eigenvalue weighted by Crippen LogP contribution is -2.38. The second kappa shape index (κ2) is 6.40. The maximum atomic E-state index is 12.3. The molecule has 1 aliphatic rings. The number of hydrogen-bond acceptors (Lipinski definition) is 5. The number of H-pyrrole nitrogens is 1. The summed E-state index contributed by atoms with van der Waals surface area (Å²) in [6.07, 6.45) is 5.46. The third-order valence-corrected chi connectivity index (χ3v) is 5.97. The van der Waals surface area contributed by atoms with Crippen LogP contribution in [0.5, 0.6) is 0 Å². The average Bonchev–Trinajstić information content (AvgIpc) is 3.38. The lowest BCUT2D eigenvalue weighted by Gasteiger charge is -2.17. The topological polar surface area (TPSA) is 108 Å². The van der Waals surface area contributed by atoms with Gasteiger partial charge in [-0.1, -0.05) is 0 Å². The molecule has 0 unspecified atom stereocenters. The third kappa shape index (κ3) is 3.87. The van der Waals surface area contributed by atoms with Crippen molar-refractivity contribution in [3.8, 4) is 11.3 Å². The Morgan fingerprint density at radius 3 is 2.67 bits per heavy atom. The first-order valence-electron chi connectivity index (χ1n) is 8.89. The van der Waals surface area contributed by atoms with Gasteiger partial charge in [-0.3, -0.25) is 4.98 Å². The molecule has 0 saturated heterocycles. The molecule has 3 aromatic rings. The zero-order valence-corrected chi connectivity index (χ0v) is 16.0. The van der Waals surface area contributed by atoms with E-state index in [9.17, 15) is 13.5 Å². The van der Waals surface area contributed by atoms with E-state index in [1.54, 1.807) is 26.1 Å². The van der Waals surface area contributed by atoms with Gasteiger partial charge in [-0.15, -0.1) is 0 Å². The van der Waals surface area contributed by atoms with Gasteiger partial charge in [0.1, 0.15) is 10.5 Å². The summed E-state index contributed by atoms with van der Waals surface area (Å²) >= 11 is 0. The predicted octanol–water partition coefficient (Wildman–Crippen LogP) is 2.55. The number of hydrogen-bond donors (Lipinski definition) is 3. The smallest absolute Gasteiger partial charge is 0.242 e. The molecule has 0 atom stereocenters. The molecule has 8 heteroatoms. The van der Waals surface area contributed by atoms with Gasteiger partial charge in [0.25, 0.3) is 0 Å². The molecule has 0 spiro atoms. The van der Waals surface area contributed by atoms with Gasteiger partial charge in [-0.05, 0) is 56.9 Å². The lowest BCUT2D eigenvalue weighted by atomic mass is 10.1. The Morgan fingerprint density at radius 1 is 1.26 bits per heavy atom. The van der Waals surface area contributed by atoms with Crippen molar-refractivity contribution in [3.05, 3.63) is 42.4 Å². The minimum atomic E-state index is -3.72. The highest BCUT2D eigenvalue weighted by atomic mass is 32.2. The number of pyridine rings is 2. The minimum Gasteiger partial charge on any atom is -0.389 e. The second-order valence-electron chi connectivity index (χ2n) is 7.64. The molecule has 27 heavy (non-hydrogen) atoms. The fraction of sp³-hybridized carbons (Fsp3) is 0.368. The molecular formula is C19H22N4O3S. The molecule has 0 aliphatic heterocycles. The Balaban J connectivity index is 1.63. The van der Waals surface area contributed by atoms with Crippen LogP contribution in [0.15, 0.2) is 41.6 Å². The molecule has 7 nitrogen and oxygen atoms in total. The highest BCUT2D eigenvalue weighted by Crippen LogP contribution is 2.41. The molecule has 0 aromatic carbocycles. The minimum absolute atomic E-state index is 0.0635. The number of rotatable bonds is 6. The number of nitrogens with zero attached hydrogens (tertiary/aromatic N) is 2. The summed E-state index contributed by atoms with van der Waals surface area (Å²) in [5.41, 5.74) is 2.48. The summed E-state index contributed by atoms with van der Waals surface area (Å²) in [5, 5.41) is 10.7. The van der Waals surface area contributed by atoms with E-state index >= 15 is 0 Å². The van der Waals surface area contributed by atoms with E-state index in [2.05, 4.69) is 25.7 Å². The molecule has 142 valence electrons. The Hall–Kier alpha value is -2.29. The Kier molecular flexibility index (Phi) is 4.29. The van der Waals surface area contributed by atoms with Gasteiger partial charge in [-0.2, -0.15) is 0 Å². The van der Waals surface area contributed by atoms with Crippen LogP contribution in [0.25, 0.3) is 22.3 Å².